The number of hydrogen-bond acceptors (Lipinski definition) is 3. The predicted octanol–water partition coefficient (Wildman–Crippen LogP) is 4.96. The zero-order valence-corrected chi connectivity index (χ0v) is 14.7. The minimum absolute atomic E-state index is 0.0502. The molecule has 4 heteroatoms. The Morgan fingerprint density at radius 2 is 1.91 bits per heavy atom. The first kappa shape index (κ1) is 16.0. The van der Waals surface area contributed by atoms with Crippen molar-refractivity contribution in [2.24, 2.45) is 0 Å². The van der Waals surface area contributed by atoms with E-state index < -0.39 is 0 Å². The quantitative estimate of drug-likeness (QED) is 0.582. The lowest BCUT2D eigenvalue weighted by molar-refractivity contribution is -0.113. The van der Waals surface area contributed by atoms with Gasteiger partial charge in [0, 0.05) is 0 Å². The monoisotopic (exact) mass is 339 g/mol. The summed E-state index contributed by atoms with van der Waals surface area (Å²) in [7, 11) is 0. The van der Waals surface area contributed by atoms with Gasteiger partial charge in [0.2, 0.25) is 0 Å². The van der Waals surface area contributed by atoms with Crippen molar-refractivity contribution in [1.29, 1.82) is 0 Å². The largest absolute Gasteiger partial charge is 0.270 e. The molecular weight excluding hydrogens is 322 g/mol. The van der Waals surface area contributed by atoms with Crippen LogP contribution in [0.3, 0.4) is 0 Å². The fraction of sp³-hybridized carbons (Fsp3) is 0.158. The number of rotatable bonds is 3. The van der Waals surface area contributed by atoms with Gasteiger partial charge in [-0.3, -0.25) is 9.69 Å². The number of anilines is 1. The van der Waals surface area contributed by atoms with Crippen LogP contribution >= 0.6 is 24.0 Å². The summed E-state index contributed by atoms with van der Waals surface area (Å²) >= 11 is 6.76. The van der Waals surface area contributed by atoms with Crippen LogP contribution in [0.2, 0.25) is 0 Å². The third-order valence-electron chi connectivity index (χ3n) is 3.74. The van der Waals surface area contributed by atoms with Gasteiger partial charge in [0.1, 0.15) is 0 Å². The molecule has 2 aromatic carbocycles. The van der Waals surface area contributed by atoms with Gasteiger partial charge >= 0.3 is 0 Å². The molecule has 2 nitrogen and oxygen atoms in total. The van der Waals surface area contributed by atoms with Gasteiger partial charge in [0.25, 0.3) is 5.91 Å². The average Bonchev–Trinajstić information content (AvgIpc) is 2.81. The lowest BCUT2D eigenvalue weighted by atomic mass is 10.1. The molecule has 0 N–H and O–H groups in total. The first-order chi connectivity index (χ1) is 11.1. The van der Waals surface area contributed by atoms with Crippen molar-refractivity contribution < 1.29 is 4.79 Å². The molecule has 2 aromatic rings. The van der Waals surface area contributed by atoms with Crippen molar-refractivity contribution in [2.45, 2.75) is 20.3 Å². The number of carbonyl (C=O) groups excluding carboxylic acids is 1. The molecule has 0 radical (unpaired) electrons. The zero-order chi connectivity index (χ0) is 16.4. The van der Waals surface area contributed by atoms with E-state index in [1.54, 1.807) is 4.90 Å². The summed E-state index contributed by atoms with van der Waals surface area (Å²) in [5.41, 5.74) is 4.27. The Morgan fingerprint density at radius 1 is 1.17 bits per heavy atom. The highest BCUT2D eigenvalue weighted by Crippen LogP contribution is 2.36. The predicted molar refractivity (Wildman–Crippen MR) is 103 cm³/mol. The molecular formula is C19H17NOS2. The Kier molecular flexibility index (Phi) is 4.64. The minimum Gasteiger partial charge on any atom is -0.268 e. The molecule has 0 bridgehead atoms. The molecule has 0 unspecified atom stereocenters. The number of thioether (sulfide) groups is 1. The number of hydrogen-bond donors (Lipinski definition) is 0. The van der Waals surface area contributed by atoms with Gasteiger partial charge in [-0.15, -0.1) is 0 Å². The summed E-state index contributed by atoms with van der Waals surface area (Å²) in [5.74, 6) is -0.0502. The summed E-state index contributed by atoms with van der Waals surface area (Å²) in [5, 5.41) is 0. The van der Waals surface area contributed by atoms with Crippen LogP contribution in [0, 0.1) is 6.92 Å². The Morgan fingerprint density at radius 3 is 2.57 bits per heavy atom. The number of aryl methyl sites for hydroxylation is 2. The molecule has 0 spiro atoms. The van der Waals surface area contributed by atoms with E-state index in [2.05, 4.69) is 13.0 Å². The van der Waals surface area contributed by atoms with Gasteiger partial charge in [-0.2, -0.15) is 0 Å². The van der Waals surface area contributed by atoms with Gasteiger partial charge in [-0.1, -0.05) is 72.9 Å². The molecule has 1 fully saturated rings. The van der Waals surface area contributed by atoms with Crippen LogP contribution in [0.5, 0.6) is 0 Å². The van der Waals surface area contributed by atoms with Crippen molar-refractivity contribution in [2.75, 3.05) is 4.90 Å². The second-order valence-corrected chi connectivity index (χ2v) is 7.13. The van der Waals surface area contributed by atoms with E-state index >= 15 is 0 Å². The molecule has 0 saturated carbocycles. The lowest BCUT2D eigenvalue weighted by Crippen LogP contribution is -2.27. The maximum absolute atomic E-state index is 12.7. The fourth-order valence-corrected chi connectivity index (χ4v) is 3.78. The van der Waals surface area contributed by atoms with Crippen LogP contribution in [-0.4, -0.2) is 10.2 Å². The highest BCUT2D eigenvalue weighted by Gasteiger charge is 2.33. The zero-order valence-electron chi connectivity index (χ0n) is 13.1. The highest BCUT2D eigenvalue weighted by molar-refractivity contribution is 8.27. The van der Waals surface area contributed by atoms with Crippen LogP contribution < -0.4 is 4.90 Å². The Balaban J connectivity index is 1.90. The number of amides is 1. The number of benzene rings is 2. The Labute approximate surface area is 146 Å². The molecule has 0 aromatic heterocycles. The van der Waals surface area contributed by atoms with Crippen LogP contribution in [0.4, 0.5) is 5.69 Å². The van der Waals surface area contributed by atoms with Crippen LogP contribution in [0.25, 0.3) is 6.08 Å². The maximum Gasteiger partial charge on any atom is 0.270 e. The fourth-order valence-electron chi connectivity index (χ4n) is 2.48. The third kappa shape index (κ3) is 3.38. The van der Waals surface area contributed by atoms with Crippen molar-refractivity contribution in [1.82, 2.24) is 0 Å². The standard InChI is InChI=1S/C19H17NOS2/c1-3-14-7-9-16(10-8-14)20-18(21)17(23-19(20)22)12-15-6-4-5-13(2)11-15/h4-12H,3H2,1-2H3. The first-order valence-corrected chi connectivity index (χ1v) is 8.74. The van der Waals surface area contributed by atoms with E-state index in [0.717, 1.165) is 17.7 Å². The molecule has 1 amide bonds. The molecule has 1 aliphatic rings. The first-order valence-electron chi connectivity index (χ1n) is 7.52. The molecule has 0 atom stereocenters. The second kappa shape index (κ2) is 6.69. The highest BCUT2D eigenvalue weighted by atomic mass is 32.2. The van der Waals surface area contributed by atoms with Crippen molar-refractivity contribution in [3.63, 3.8) is 0 Å². The Hall–Kier alpha value is -1.91. The normalized spacial score (nSPS) is 16.4. The molecule has 23 heavy (non-hydrogen) atoms. The summed E-state index contributed by atoms with van der Waals surface area (Å²) in [6, 6.07) is 16.1. The molecule has 116 valence electrons. The lowest BCUT2D eigenvalue weighted by Gasteiger charge is -2.14. The van der Waals surface area contributed by atoms with Crippen LogP contribution in [0.15, 0.2) is 53.4 Å². The molecule has 1 saturated heterocycles. The minimum atomic E-state index is -0.0502. The van der Waals surface area contributed by atoms with E-state index in [0.29, 0.717) is 9.23 Å². The summed E-state index contributed by atoms with van der Waals surface area (Å²) in [4.78, 5) is 15.0. The van der Waals surface area contributed by atoms with Gasteiger partial charge in [0.05, 0.1) is 10.6 Å². The Bertz CT molecular complexity index is 793. The van der Waals surface area contributed by atoms with Gasteiger partial charge < -0.3 is 0 Å². The molecule has 1 aliphatic heterocycles. The topological polar surface area (TPSA) is 20.3 Å². The van der Waals surface area contributed by atoms with Crippen molar-refractivity contribution in [3.8, 4) is 0 Å². The number of carbonyl (C=O) groups is 1. The SMILES string of the molecule is CCc1ccc(N2C(=O)C(=Cc3cccc(C)c3)SC2=S)cc1. The number of thiocarbonyl (C=S) groups is 1. The van der Waals surface area contributed by atoms with Gasteiger partial charge in [0.15, 0.2) is 4.32 Å². The molecule has 3 rings (SSSR count). The molecule has 0 aliphatic carbocycles. The van der Waals surface area contributed by atoms with Gasteiger partial charge in [-0.05, 0) is 42.7 Å². The van der Waals surface area contributed by atoms with E-state index in [4.69, 9.17) is 12.2 Å². The summed E-state index contributed by atoms with van der Waals surface area (Å²) in [6.45, 7) is 4.15. The number of nitrogens with zero attached hydrogens (tertiary/aromatic N) is 1. The van der Waals surface area contributed by atoms with E-state index in [9.17, 15) is 4.79 Å². The summed E-state index contributed by atoms with van der Waals surface area (Å²) in [6.07, 6.45) is 2.89. The van der Waals surface area contributed by atoms with Crippen molar-refractivity contribution >= 4 is 46.0 Å². The maximum atomic E-state index is 12.7. The van der Waals surface area contributed by atoms with Gasteiger partial charge in [-0.25, -0.2) is 0 Å². The van der Waals surface area contributed by atoms with E-state index in [-0.39, 0.29) is 5.91 Å². The third-order valence-corrected chi connectivity index (χ3v) is 5.04. The average molecular weight is 339 g/mol. The van der Waals surface area contributed by atoms with E-state index in [1.165, 1.54) is 22.9 Å². The second-order valence-electron chi connectivity index (χ2n) is 5.45. The van der Waals surface area contributed by atoms with Crippen molar-refractivity contribution in [3.05, 3.63) is 70.1 Å². The smallest absolute Gasteiger partial charge is 0.268 e. The van der Waals surface area contributed by atoms with E-state index in [1.807, 2.05) is 55.5 Å². The summed E-state index contributed by atoms with van der Waals surface area (Å²) < 4.78 is 0.582. The van der Waals surface area contributed by atoms with Crippen LogP contribution in [-0.2, 0) is 11.2 Å². The molecule has 1 heterocycles. The van der Waals surface area contributed by atoms with Crippen LogP contribution in [0.1, 0.15) is 23.6 Å².